The first kappa shape index (κ1) is 16.4. The molecule has 1 heterocycles. The molecule has 0 radical (unpaired) electrons. The van der Waals surface area contributed by atoms with Gasteiger partial charge in [-0.1, -0.05) is 33.1 Å². The Kier molecular flexibility index (Phi) is 7.62. The lowest BCUT2D eigenvalue weighted by Crippen LogP contribution is -2.27. The molecule has 0 fully saturated rings. The molecule has 1 amide bonds. The highest BCUT2D eigenvalue weighted by Crippen LogP contribution is 2.07. The second-order valence-corrected chi connectivity index (χ2v) is 4.98. The fourth-order valence-corrected chi connectivity index (χ4v) is 1.82. The molecule has 0 aliphatic rings. The van der Waals surface area contributed by atoms with Gasteiger partial charge >= 0.3 is 0 Å². The molecule has 1 rings (SSSR count). The predicted molar refractivity (Wildman–Crippen MR) is 82.1 cm³/mol. The van der Waals surface area contributed by atoms with E-state index < -0.39 is 0 Å². The van der Waals surface area contributed by atoms with E-state index in [9.17, 15) is 4.79 Å². The van der Waals surface area contributed by atoms with E-state index in [1.165, 1.54) is 0 Å². The largest absolute Gasteiger partial charge is 0.351 e. The van der Waals surface area contributed by atoms with Gasteiger partial charge in [0.2, 0.25) is 5.95 Å². The minimum atomic E-state index is -0.117. The predicted octanol–water partition coefficient (Wildman–Crippen LogP) is 2.63. The molecular weight excluding hydrogens is 252 g/mol. The van der Waals surface area contributed by atoms with E-state index in [1.54, 1.807) is 12.3 Å². The van der Waals surface area contributed by atoms with E-state index in [1.807, 2.05) is 11.9 Å². The van der Waals surface area contributed by atoms with Gasteiger partial charge in [-0.15, -0.1) is 0 Å². The molecule has 0 saturated heterocycles. The Labute approximate surface area is 121 Å². The van der Waals surface area contributed by atoms with Gasteiger partial charge in [-0.25, -0.2) is 9.97 Å². The Morgan fingerprint density at radius 3 is 2.70 bits per heavy atom. The highest BCUT2D eigenvalue weighted by Gasteiger charge is 2.10. The van der Waals surface area contributed by atoms with Crippen LogP contribution in [0, 0.1) is 0 Å². The molecule has 0 atom stereocenters. The van der Waals surface area contributed by atoms with E-state index in [0.717, 1.165) is 38.6 Å². The van der Waals surface area contributed by atoms with E-state index in [-0.39, 0.29) is 5.91 Å². The van der Waals surface area contributed by atoms with E-state index >= 15 is 0 Å². The van der Waals surface area contributed by atoms with Crippen molar-refractivity contribution in [3.05, 3.63) is 18.0 Å². The number of amides is 1. The molecule has 0 saturated carbocycles. The van der Waals surface area contributed by atoms with Gasteiger partial charge in [0.25, 0.3) is 5.91 Å². The first-order chi connectivity index (χ1) is 9.69. The highest BCUT2D eigenvalue weighted by atomic mass is 16.1. The van der Waals surface area contributed by atoms with Crippen LogP contribution >= 0.6 is 0 Å². The Morgan fingerprint density at radius 2 is 2.00 bits per heavy atom. The van der Waals surface area contributed by atoms with Gasteiger partial charge in [-0.3, -0.25) is 4.79 Å². The average Bonchev–Trinajstić information content (AvgIpc) is 2.49. The summed E-state index contributed by atoms with van der Waals surface area (Å²) in [6, 6.07) is 1.66. The fourth-order valence-electron chi connectivity index (χ4n) is 1.82. The smallest absolute Gasteiger partial charge is 0.270 e. The minimum Gasteiger partial charge on any atom is -0.351 e. The van der Waals surface area contributed by atoms with Crippen molar-refractivity contribution in [1.29, 1.82) is 0 Å². The molecule has 5 nitrogen and oxygen atoms in total. The zero-order valence-electron chi connectivity index (χ0n) is 12.9. The average molecular weight is 278 g/mol. The molecular formula is C15H26N4O. The lowest BCUT2D eigenvalue weighted by Gasteiger charge is -2.16. The Morgan fingerprint density at radius 1 is 1.25 bits per heavy atom. The van der Waals surface area contributed by atoms with Crippen molar-refractivity contribution in [1.82, 2.24) is 15.3 Å². The highest BCUT2D eigenvalue weighted by molar-refractivity contribution is 5.92. The number of aromatic nitrogens is 2. The molecule has 0 aliphatic carbocycles. The second-order valence-electron chi connectivity index (χ2n) is 4.98. The lowest BCUT2D eigenvalue weighted by atomic mass is 10.2. The number of carbonyl (C=O) groups is 1. The molecule has 0 aliphatic heterocycles. The standard InChI is InChI=1S/C15H26N4O/c1-4-6-8-10-16-14(20)13-9-11-17-15(18-13)19(3)12-7-5-2/h9,11H,4-8,10,12H2,1-3H3,(H,16,20). The number of anilines is 1. The molecule has 112 valence electrons. The monoisotopic (exact) mass is 278 g/mol. The maximum atomic E-state index is 12.0. The summed E-state index contributed by atoms with van der Waals surface area (Å²) in [6.45, 7) is 5.90. The third-order valence-corrected chi connectivity index (χ3v) is 3.13. The number of rotatable bonds is 9. The summed E-state index contributed by atoms with van der Waals surface area (Å²) in [5.41, 5.74) is 0.440. The number of hydrogen-bond donors (Lipinski definition) is 1. The normalized spacial score (nSPS) is 10.3. The summed E-state index contributed by atoms with van der Waals surface area (Å²) in [5, 5.41) is 2.90. The van der Waals surface area contributed by atoms with Crippen LogP contribution in [0.4, 0.5) is 5.95 Å². The third-order valence-electron chi connectivity index (χ3n) is 3.13. The first-order valence-corrected chi connectivity index (χ1v) is 7.51. The molecule has 1 aromatic heterocycles. The summed E-state index contributed by atoms with van der Waals surface area (Å²) in [7, 11) is 1.95. The van der Waals surface area contributed by atoms with Gasteiger partial charge in [-0.2, -0.15) is 0 Å². The maximum absolute atomic E-state index is 12.0. The third kappa shape index (κ3) is 5.55. The number of hydrogen-bond acceptors (Lipinski definition) is 4. The van der Waals surface area contributed by atoms with Crippen molar-refractivity contribution >= 4 is 11.9 Å². The Balaban J connectivity index is 2.55. The zero-order chi connectivity index (χ0) is 14.8. The summed E-state index contributed by atoms with van der Waals surface area (Å²) in [6.07, 6.45) is 7.16. The number of carbonyl (C=O) groups excluding carboxylic acids is 1. The van der Waals surface area contributed by atoms with Crippen LogP contribution in [-0.2, 0) is 0 Å². The van der Waals surface area contributed by atoms with Crippen LogP contribution in [0.25, 0.3) is 0 Å². The van der Waals surface area contributed by atoms with Crippen molar-refractivity contribution in [2.75, 3.05) is 25.0 Å². The maximum Gasteiger partial charge on any atom is 0.270 e. The summed E-state index contributed by atoms with van der Waals surface area (Å²) in [4.78, 5) is 22.5. The van der Waals surface area contributed by atoms with Crippen molar-refractivity contribution in [3.63, 3.8) is 0 Å². The van der Waals surface area contributed by atoms with Crippen molar-refractivity contribution < 1.29 is 4.79 Å². The molecule has 1 aromatic rings. The van der Waals surface area contributed by atoms with Gasteiger partial charge in [0.05, 0.1) is 0 Å². The quantitative estimate of drug-likeness (QED) is 0.705. The second kappa shape index (κ2) is 9.28. The van der Waals surface area contributed by atoms with Gasteiger partial charge in [0.1, 0.15) is 5.69 Å². The number of nitrogens with zero attached hydrogens (tertiary/aromatic N) is 3. The van der Waals surface area contributed by atoms with Crippen molar-refractivity contribution in [2.45, 2.75) is 46.0 Å². The molecule has 1 N–H and O–H groups in total. The van der Waals surface area contributed by atoms with E-state index in [0.29, 0.717) is 18.2 Å². The van der Waals surface area contributed by atoms with Gasteiger partial charge in [-0.05, 0) is 18.9 Å². The summed E-state index contributed by atoms with van der Waals surface area (Å²) >= 11 is 0. The summed E-state index contributed by atoms with van der Waals surface area (Å²) < 4.78 is 0. The minimum absolute atomic E-state index is 0.117. The van der Waals surface area contributed by atoms with Gasteiger partial charge in [0, 0.05) is 26.3 Å². The Bertz CT molecular complexity index is 409. The fraction of sp³-hybridized carbons (Fsp3) is 0.667. The number of nitrogens with one attached hydrogen (secondary N) is 1. The van der Waals surface area contributed by atoms with Crippen LogP contribution in [0.15, 0.2) is 12.3 Å². The first-order valence-electron chi connectivity index (χ1n) is 7.51. The zero-order valence-corrected chi connectivity index (χ0v) is 12.9. The van der Waals surface area contributed by atoms with Crippen LogP contribution in [0.5, 0.6) is 0 Å². The van der Waals surface area contributed by atoms with Crippen molar-refractivity contribution in [2.24, 2.45) is 0 Å². The molecule has 5 heteroatoms. The number of unbranched alkanes of at least 4 members (excludes halogenated alkanes) is 3. The summed E-state index contributed by atoms with van der Waals surface area (Å²) in [5.74, 6) is 0.494. The topological polar surface area (TPSA) is 58.1 Å². The van der Waals surface area contributed by atoms with Crippen LogP contribution in [0.3, 0.4) is 0 Å². The lowest BCUT2D eigenvalue weighted by molar-refractivity contribution is 0.0948. The SMILES string of the molecule is CCCCCNC(=O)c1ccnc(N(C)CCCC)n1. The molecule has 0 spiro atoms. The molecule has 0 aromatic carbocycles. The van der Waals surface area contributed by atoms with Crippen molar-refractivity contribution in [3.8, 4) is 0 Å². The molecule has 20 heavy (non-hydrogen) atoms. The molecule has 0 bridgehead atoms. The van der Waals surface area contributed by atoms with Crippen LogP contribution in [-0.4, -0.2) is 36.0 Å². The Hall–Kier alpha value is -1.65. The van der Waals surface area contributed by atoms with E-state index in [4.69, 9.17) is 0 Å². The van der Waals surface area contributed by atoms with Crippen LogP contribution < -0.4 is 10.2 Å². The van der Waals surface area contributed by atoms with Gasteiger partial charge in [0.15, 0.2) is 0 Å². The molecule has 0 unspecified atom stereocenters. The van der Waals surface area contributed by atoms with Crippen LogP contribution in [0.1, 0.15) is 56.4 Å². The van der Waals surface area contributed by atoms with E-state index in [2.05, 4.69) is 29.1 Å². The van der Waals surface area contributed by atoms with Crippen LogP contribution in [0.2, 0.25) is 0 Å². The van der Waals surface area contributed by atoms with Gasteiger partial charge < -0.3 is 10.2 Å².